The summed E-state index contributed by atoms with van der Waals surface area (Å²) >= 11 is 6.19. The smallest absolute Gasteiger partial charge is 0.246 e. The highest BCUT2D eigenvalue weighted by atomic mass is 35.5. The third kappa shape index (κ3) is 2.92. The van der Waals surface area contributed by atoms with Crippen LogP contribution in [-0.2, 0) is 23.1 Å². The van der Waals surface area contributed by atoms with Crippen molar-refractivity contribution in [3.05, 3.63) is 29.6 Å². The standard InChI is InChI=1S/C16H22ClN3O2/c1-3-15(21)20(10-14-13(17)9-19(2)18-14)12-8-16(22-11-12)6-4-5-7-16/h3,9,12H,1,4-8,10-11H2,2H3. The Labute approximate surface area is 135 Å². The van der Waals surface area contributed by atoms with E-state index in [1.165, 1.54) is 18.9 Å². The molecule has 1 aromatic heterocycles. The van der Waals surface area contributed by atoms with E-state index < -0.39 is 0 Å². The number of carbonyl (C=O) groups excluding carboxylic acids is 1. The number of amides is 1. The van der Waals surface area contributed by atoms with Crippen LogP contribution in [0.25, 0.3) is 0 Å². The molecule has 0 radical (unpaired) electrons. The Morgan fingerprint density at radius 2 is 2.36 bits per heavy atom. The average molecular weight is 324 g/mol. The zero-order chi connectivity index (χ0) is 15.7. The van der Waals surface area contributed by atoms with Crippen molar-refractivity contribution in [1.82, 2.24) is 14.7 Å². The molecule has 1 saturated carbocycles. The van der Waals surface area contributed by atoms with Crippen molar-refractivity contribution < 1.29 is 9.53 Å². The number of carbonyl (C=O) groups is 1. The molecule has 1 amide bonds. The van der Waals surface area contributed by atoms with E-state index in [1.54, 1.807) is 15.8 Å². The Hall–Kier alpha value is -1.33. The summed E-state index contributed by atoms with van der Waals surface area (Å²) in [5, 5.41) is 4.93. The zero-order valence-electron chi connectivity index (χ0n) is 12.9. The second-order valence-corrected chi connectivity index (χ2v) is 6.73. The predicted molar refractivity (Wildman–Crippen MR) is 84.5 cm³/mol. The minimum Gasteiger partial charge on any atom is -0.373 e. The second-order valence-electron chi connectivity index (χ2n) is 6.33. The lowest BCUT2D eigenvalue weighted by Crippen LogP contribution is -2.40. The topological polar surface area (TPSA) is 47.4 Å². The maximum atomic E-state index is 12.3. The number of ether oxygens (including phenoxy) is 1. The molecule has 2 aliphatic rings. The van der Waals surface area contributed by atoms with Crippen LogP contribution in [0.3, 0.4) is 0 Å². The third-order valence-electron chi connectivity index (χ3n) is 4.78. The average Bonchev–Trinajstić information content (AvgIpc) is 3.19. The molecule has 1 saturated heterocycles. The highest BCUT2D eigenvalue weighted by Crippen LogP contribution is 2.42. The Bertz CT molecular complexity index is 578. The Morgan fingerprint density at radius 1 is 1.64 bits per heavy atom. The Morgan fingerprint density at radius 3 is 2.95 bits per heavy atom. The normalized spacial score (nSPS) is 23.1. The van der Waals surface area contributed by atoms with Gasteiger partial charge in [0.1, 0.15) is 5.69 Å². The first-order valence-electron chi connectivity index (χ1n) is 7.78. The summed E-state index contributed by atoms with van der Waals surface area (Å²) in [6.07, 6.45) is 8.64. The lowest BCUT2D eigenvalue weighted by Gasteiger charge is -2.28. The molecule has 22 heavy (non-hydrogen) atoms. The number of hydrogen-bond acceptors (Lipinski definition) is 3. The number of halogens is 1. The SMILES string of the molecule is C=CC(=O)N(Cc1nn(C)cc1Cl)C1COC2(CCCC2)C1. The number of aryl methyl sites for hydroxylation is 1. The fraction of sp³-hybridized carbons (Fsp3) is 0.625. The van der Waals surface area contributed by atoms with Gasteiger partial charge in [-0.25, -0.2) is 0 Å². The largest absolute Gasteiger partial charge is 0.373 e. The highest BCUT2D eigenvalue weighted by molar-refractivity contribution is 6.31. The van der Waals surface area contributed by atoms with E-state index in [0.29, 0.717) is 23.9 Å². The molecule has 1 spiro atoms. The molecule has 1 unspecified atom stereocenters. The molecule has 0 bridgehead atoms. The first-order chi connectivity index (χ1) is 10.5. The zero-order valence-corrected chi connectivity index (χ0v) is 13.7. The van der Waals surface area contributed by atoms with E-state index in [0.717, 1.165) is 19.3 Å². The van der Waals surface area contributed by atoms with Gasteiger partial charge in [0.15, 0.2) is 0 Å². The monoisotopic (exact) mass is 323 g/mol. The van der Waals surface area contributed by atoms with E-state index in [-0.39, 0.29) is 17.6 Å². The maximum absolute atomic E-state index is 12.3. The molecular formula is C16H22ClN3O2. The van der Waals surface area contributed by atoms with Crippen LogP contribution in [0.2, 0.25) is 5.02 Å². The van der Waals surface area contributed by atoms with Crippen molar-refractivity contribution in [2.75, 3.05) is 6.61 Å². The highest BCUT2D eigenvalue weighted by Gasteiger charge is 2.45. The van der Waals surface area contributed by atoms with Gasteiger partial charge in [-0.3, -0.25) is 9.48 Å². The summed E-state index contributed by atoms with van der Waals surface area (Å²) in [6, 6.07) is 0.0710. The minimum atomic E-state index is -0.0923. The third-order valence-corrected chi connectivity index (χ3v) is 5.09. The summed E-state index contributed by atoms with van der Waals surface area (Å²) in [4.78, 5) is 14.1. The quantitative estimate of drug-likeness (QED) is 0.800. The second kappa shape index (κ2) is 6.05. The predicted octanol–water partition coefficient (Wildman–Crippen LogP) is 2.69. The van der Waals surface area contributed by atoms with Gasteiger partial charge < -0.3 is 9.64 Å². The van der Waals surface area contributed by atoms with E-state index in [9.17, 15) is 4.79 Å². The van der Waals surface area contributed by atoms with Crippen LogP contribution in [0.4, 0.5) is 0 Å². The molecule has 1 aromatic rings. The van der Waals surface area contributed by atoms with Crippen LogP contribution in [0, 0.1) is 0 Å². The Kier molecular flexibility index (Phi) is 4.28. The molecule has 1 aliphatic carbocycles. The molecule has 1 aliphatic heterocycles. The van der Waals surface area contributed by atoms with Crippen LogP contribution in [0.15, 0.2) is 18.9 Å². The van der Waals surface area contributed by atoms with Crippen LogP contribution in [0.5, 0.6) is 0 Å². The summed E-state index contributed by atoms with van der Waals surface area (Å²) < 4.78 is 7.74. The minimum absolute atomic E-state index is 0.0156. The number of rotatable bonds is 4. The summed E-state index contributed by atoms with van der Waals surface area (Å²) in [5.41, 5.74) is 0.699. The summed E-state index contributed by atoms with van der Waals surface area (Å²) in [6.45, 7) is 4.61. The van der Waals surface area contributed by atoms with E-state index >= 15 is 0 Å². The van der Waals surface area contributed by atoms with Crippen molar-refractivity contribution in [3.63, 3.8) is 0 Å². The van der Waals surface area contributed by atoms with Crippen molar-refractivity contribution in [2.45, 2.75) is 50.3 Å². The van der Waals surface area contributed by atoms with Gasteiger partial charge in [-0.1, -0.05) is 31.0 Å². The van der Waals surface area contributed by atoms with Crippen LogP contribution >= 0.6 is 11.6 Å². The maximum Gasteiger partial charge on any atom is 0.246 e. The number of nitrogens with zero attached hydrogens (tertiary/aromatic N) is 3. The van der Waals surface area contributed by atoms with Crippen LogP contribution < -0.4 is 0 Å². The van der Waals surface area contributed by atoms with E-state index in [2.05, 4.69) is 11.7 Å². The molecule has 2 heterocycles. The molecule has 6 heteroatoms. The van der Waals surface area contributed by atoms with Gasteiger partial charge in [-0.05, 0) is 25.3 Å². The van der Waals surface area contributed by atoms with Crippen LogP contribution in [0.1, 0.15) is 37.8 Å². The molecule has 2 fully saturated rings. The molecule has 0 aromatic carbocycles. The van der Waals surface area contributed by atoms with Crippen molar-refractivity contribution in [1.29, 1.82) is 0 Å². The fourth-order valence-electron chi connectivity index (χ4n) is 3.67. The molecule has 120 valence electrons. The van der Waals surface area contributed by atoms with Crippen molar-refractivity contribution in [2.24, 2.45) is 7.05 Å². The van der Waals surface area contributed by atoms with E-state index in [1.807, 2.05) is 7.05 Å². The first kappa shape index (κ1) is 15.6. The molecular weight excluding hydrogens is 302 g/mol. The number of aromatic nitrogens is 2. The van der Waals surface area contributed by atoms with Gasteiger partial charge in [0, 0.05) is 13.2 Å². The van der Waals surface area contributed by atoms with E-state index in [4.69, 9.17) is 16.3 Å². The molecule has 1 atom stereocenters. The van der Waals surface area contributed by atoms with Gasteiger partial charge in [-0.15, -0.1) is 0 Å². The lowest BCUT2D eigenvalue weighted by atomic mass is 9.95. The summed E-state index contributed by atoms with van der Waals surface area (Å²) in [7, 11) is 1.82. The van der Waals surface area contributed by atoms with Crippen molar-refractivity contribution in [3.8, 4) is 0 Å². The molecule has 3 rings (SSSR count). The van der Waals surface area contributed by atoms with Gasteiger partial charge in [-0.2, -0.15) is 5.10 Å². The lowest BCUT2D eigenvalue weighted by molar-refractivity contribution is -0.129. The number of hydrogen-bond donors (Lipinski definition) is 0. The van der Waals surface area contributed by atoms with Crippen LogP contribution in [-0.4, -0.2) is 38.8 Å². The van der Waals surface area contributed by atoms with Gasteiger partial charge in [0.25, 0.3) is 0 Å². The Balaban J connectivity index is 1.77. The van der Waals surface area contributed by atoms with Gasteiger partial charge in [0.05, 0.1) is 29.8 Å². The molecule has 0 N–H and O–H groups in total. The fourth-order valence-corrected chi connectivity index (χ4v) is 3.91. The molecule has 5 nitrogen and oxygen atoms in total. The van der Waals surface area contributed by atoms with Crippen molar-refractivity contribution >= 4 is 17.5 Å². The van der Waals surface area contributed by atoms with Gasteiger partial charge in [0.2, 0.25) is 5.91 Å². The summed E-state index contributed by atoms with van der Waals surface area (Å²) in [5.74, 6) is -0.0923. The van der Waals surface area contributed by atoms with Gasteiger partial charge >= 0.3 is 0 Å². The first-order valence-corrected chi connectivity index (χ1v) is 8.16.